The first-order chi connectivity index (χ1) is 10.0. The van der Waals surface area contributed by atoms with Crippen molar-refractivity contribution in [3.8, 4) is 0 Å². The van der Waals surface area contributed by atoms with Crippen molar-refractivity contribution in [3.05, 3.63) is 46.2 Å². The summed E-state index contributed by atoms with van der Waals surface area (Å²) in [6, 6.07) is 10.2. The van der Waals surface area contributed by atoms with Gasteiger partial charge in [-0.05, 0) is 44.2 Å². The highest BCUT2D eigenvalue weighted by Gasteiger charge is 2.28. The van der Waals surface area contributed by atoms with Crippen LogP contribution in [0.1, 0.15) is 32.3 Å². The summed E-state index contributed by atoms with van der Waals surface area (Å²) in [5, 5.41) is 4.57. The number of pyridine rings is 1. The second-order valence-corrected chi connectivity index (χ2v) is 6.39. The van der Waals surface area contributed by atoms with Crippen LogP contribution in [0.3, 0.4) is 0 Å². The van der Waals surface area contributed by atoms with Crippen LogP contribution in [-0.2, 0) is 11.3 Å². The number of hydrogen-bond acceptors (Lipinski definition) is 3. The monoisotopic (exact) mass is 286 g/mol. The number of H-pyrrole nitrogens is 1. The van der Waals surface area contributed by atoms with Gasteiger partial charge in [-0.2, -0.15) is 0 Å². The van der Waals surface area contributed by atoms with Crippen molar-refractivity contribution in [2.24, 2.45) is 0 Å². The van der Waals surface area contributed by atoms with Gasteiger partial charge in [0.1, 0.15) is 0 Å². The van der Waals surface area contributed by atoms with Crippen molar-refractivity contribution in [2.75, 3.05) is 6.61 Å². The van der Waals surface area contributed by atoms with Gasteiger partial charge in [0.2, 0.25) is 0 Å². The molecule has 1 atom stereocenters. The Morgan fingerprint density at radius 3 is 3.00 bits per heavy atom. The Balaban J connectivity index is 1.73. The number of aromatic nitrogens is 1. The molecule has 0 bridgehead atoms. The van der Waals surface area contributed by atoms with E-state index < -0.39 is 0 Å². The number of fused-ring (bicyclic) bond motifs is 1. The van der Waals surface area contributed by atoms with Gasteiger partial charge >= 0.3 is 0 Å². The van der Waals surface area contributed by atoms with Gasteiger partial charge in [-0.15, -0.1) is 0 Å². The number of benzene rings is 1. The van der Waals surface area contributed by atoms with Crippen LogP contribution in [0.25, 0.3) is 10.9 Å². The van der Waals surface area contributed by atoms with Gasteiger partial charge in [0.25, 0.3) is 5.56 Å². The summed E-state index contributed by atoms with van der Waals surface area (Å²) in [6.07, 6.45) is 1.97. The van der Waals surface area contributed by atoms with E-state index in [-0.39, 0.29) is 11.2 Å². The maximum atomic E-state index is 12.1. The zero-order valence-electron chi connectivity index (χ0n) is 12.6. The van der Waals surface area contributed by atoms with Crippen LogP contribution in [0.2, 0.25) is 0 Å². The van der Waals surface area contributed by atoms with Gasteiger partial charge in [0, 0.05) is 30.3 Å². The molecule has 1 saturated heterocycles. The highest BCUT2D eigenvalue weighted by molar-refractivity contribution is 5.78. The molecule has 21 heavy (non-hydrogen) atoms. The minimum absolute atomic E-state index is 0.00693. The SMILES string of the molecule is CC1(C)CC(NCc2cc3ccccc3[nH]c2=O)CCO1. The summed E-state index contributed by atoms with van der Waals surface area (Å²) < 4.78 is 5.72. The highest BCUT2D eigenvalue weighted by atomic mass is 16.5. The second-order valence-electron chi connectivity index (χ2n) is 6.39. The third kappa shape index (κ3) is 3.34. The predicted molar refractivity (Wildman–Crippen MR) is 84.5 cm³/mol. The Labute approximate surface area is 124 Å². The van der Waals surface area contributed by atoms with E-state index in [1.807, 2.05) is 30.3 Å². The Morgan fingerprint density at radius 2 is 2.19 bits per heavy atom. The molecule has 1 aromatic heterocycles. The fourth-order valence-electron chi connectivity index (χ4n) is 2.98. The van der Waals surface area contributed by atoms with Gasteiger partial charge in [-0.3, -0.25) is 4.79 Å². The van der Waals surface area contributed by atoms with Gasteiger partial charge in [-0.1, -0.05) is 18.2 Å². The van der Waals surface area contributed by atoms with Crippen LogP contribution in [-0.4, -0.2) is 23.2 Å². The van der Waals surface area contributed by atoms with Crippen LogP contribution >= 0.6 is 0 Å². The summed E-state index contributed by atoms with van der Waals surface area (Å²) >= 11 is 0. The Morgan fingerprint density at radius 1 is 1.38 bits per heavy atom. The number of rotatable bonds is 3. The van der Waals surface area contributed by atoms with Gasteiger partial charge < -0.3 is 15.0 Å². The molecular weight excluding hydrogens is 264 g/mol. The van der Waals surface area contributed by atoms with Crippen molar-refractivity contribution < 1.29 is 4.74 Å². The van der Waals surface area contributed by atoms with E-state index >= 15 is 0 Å². The molecule has 2 aromatic rings. The fraction of sp³-hybridized carbons (Fsp3) is 0.471. The van der Waals surface area contributed by atoms with Crippen LogP contribution in [0.15, 0.2) is 35.1 Å². The van der Waals surface area contributed by atoms with Gasteiger partial charge in [0.05, 0.1) is 5.60 Å². The zero-order valence-corrected chi connectivity index (χ0v) is 12.6. The van der Waals surface area contributed by atoms with E-state index in [1.165, 1.54) is 0 Å². The zero-order chi connectivity index (χ0) is 14.9. The molecule has 1 unspecified atom stereocenters. The predicted octanol–water partition coefficient (Wildman–Crippen LogP) is 2.58. The van der Waals surface area contributed by atoms with Crippen molar-refractivity contribution >= 4 is 10.9 Å². The molecule has 1 aromatic carbocycles. The molecule has 1 aliphatic rings. The second kappa shape index (κ2) is 5.62. The Bertz CT molecular complexity index is 690. The quantitative estimate of drug-likeness (QED) is 0.912. The largest absolute Gasteiger partial charge is 0.375 e. The number of aromatic amines is 1. The van der Waals surface area contributed by atoms with Crippen LogP contribution in [0.4, 0.5) is 0 Å². The van der Waals surface area contributed by atoms with Crippen molar-refractivity contribution in [3.63, 3.8) is 0 Å². The first-order valence-corrected chi connectivity index (χ1v) is 7.52. The van der Waals surface area contributed by atoms with E-state index in [0.717, 1.165) is 35.9 Å². The molecule has 0 spiro atoms. The maximum Gasteiger partial charge on any atom is 0.252 e. The van der Waals surface area contributed by atoms with Gasteiger partial charge in [-0.25, -0.2) is 0 Å². The smallest absolute Gasteiger partial charge is 0.252 e. The minimum Gasteiger partial charge on any atom is -0.375 e. The van der Waals surface area contributed by atoms with Crippen LogP contribution in [0.5, 0.6) is 0 Å². The first-order valence-electron chi connectivity index (χ1n) is 7.52. The van der Waals surface area contributed by atoms with Crippen LogP contribution < -0.4 is 10.9 Å². The molecule has 2 N–H and O–H groups in total. The Hall–Kier alpha value is -1.65. The molecule has 0 saturated carbocycles. The summed E-state index contributed by atoms with van der Waals surface area (Å²) in [6.45, 7) is 5.60. The third-order valence-electron chi connectivity index (χ3n) is 4.11. The number of ether oxygens (including phenoxy) is 1. The molecule has 2 heterocycles. The molecule has 0 radical (unpaired) electrons. The fourth-order valence-corrected chi connectivity index (χ4v) is 2.98. The van der Waals surface area contributed by atoms with Crippen molar-refractivity contribution in [1.29, 1.82) is 0 Å². The topological polar surface area (TPSA) is 54.1 Å². The summed E-state index contributed by atoms with van der Waals surface area (Å²) in [5.41, 5.74) is 1.59. The molecular formula is C17H22N2O2. The molecule has 1 fully saturated rings. The molecule has 3 rings (SSSR count). The summed E-state index contributed by atoms with van der Waals surface area (Å²) in [7, 11) is 0. The molecule has 112 valence electrons. The van der Waals surface area contributed by atoms with Crippen molar-refractivity contribution in [2.45, 2.75) is 44.9 Å². The molecule has 0 aliphatic carbocycles. The Kier molecular flexibility index (Phi) is 3.83. The standard InChI is InChI=1S/C17H22N2O2/c1-17(2)10-14(7-8-21-17)18-11-13-9-12-5-3-4-6-15(12)19-16(13)20/h3-6,9,14,18H,7-8,10-11H2,1-2H3,(H,19,20). The first kappa shape index (κ1) is 14.3. The lowest BCUT2D eigenvalue weighted by atomic mass is 9.94. The lowest BCUT2D eigenvalue weighted by molar-refractivity contribution is -0.0630. The van der Waals surface area contributed by atoms with E-state index in [0.29, 0.717) is 12.6 Å². The lowest BCUT2D eigenvalue weighted by Gasteiger charge is -2.36. The third-order valence-corrected chi connectivity index (χ3v) is 4.11. The van der Waals surface area contributed by atoms with Gasteiger partial charge in [0.15, 0.2) is 0 Å². The van der Waals surface area contributed by atoms with E-state index in [1.54, 1.807) is 0 Å². The average Bonchev–Trinajstić information content (AvgIpc) is 2.44. The number of nitrogens with one attached hydrogen (secondary N) is 2. The molecule has 1 aliphatic heterocycles. The van der Waals surface area contributed by atoms with Crippen LogP contribution in [0, 0.1) is 0 Å². The van der Waals surface area contributed by atoms with E-state index in [4.69, 9.17) is 4.74 Å². The summed E-state index contributed by atoms with van der Waals surface area (Å²) in [4.78, 5) is 15.1. The van der Waals surface area contributed by atoms with E-state index in [9.17, 15) is 4.79 Å². The average molecular weight is 286 g/mol. The summed E-state index contributed by atoms with van der Waals surface area (Å²) in [5.74, 6) is 0. The lowest BCUT2D eigenvalue weighted by Crippen LogP contribution is -2.43. The molecule has 4 nitrogen and oxygen atoms in total. The maximum absolute atomic E-state index is 12.1. The molecule has 0 amide bonds. The van der Waals surface area contributed by atoms with Crippen molar-refractivity contribution in [1.82, 2.24) is 10.3 Å². The highest BCUT2D eigenvalue weighted by Crippen LogP contribution is 2.24. The normalized spacial score (nSPS) is 21.5. The minimum atomic E-state index is -0.0777. The number of para-hydroxylation sites is 1. The number of hydrogen-bond donors (Lipinski definition) is 2. The molecule has 4 heteroatoms. The van der Waals surface area contributed by atoms with E-state index in [2.05, 4.69) is 24.1 Å².